The van der Waals surface area contributed by atoms with Gasteiger partial charge in [-0.1, -0.05) is 24.3 Å². The maximum Gasteiger partial charge on any atom is 0.335 e. The predicted molar refractivity (Wildman–Crippen MR) is 86.3 cm³/mol. The molecule has 0 spiro atoms. The molecule has 4 nitrogen and oxygen atoms in total. The van der Waals surface area contributed by atoms with Gasteiger partial charge >= 0.3 is 5.97 Å². The van der Waals surface area contributed by atoms with Crippen LogP contribution in [-0.4, -0.2) is 24.7 Å². The highest BCUT2D eigenvalue weighted by Crippen LogP contribution is 2.34. The van der Waals surface area contributed by atoms with Gasteiger partial charge < -0.3 is 14.7 Å². The van der Waals surface area contributed by atoms with Crippen molar-refractivity contribution < 1.29 is 14.6 Å². The third-order valence-electron chi connectivity index (χ3n) is 3.83. The summed E-state index contributed by atoms with van der Waals surface area (Å²) in [6.07, 6.45) is 3.03. The van der Waals surface area contributed by atoms with Crippen molar-refractivity contribution in [3.8, 4) is 5.75 Å². The maximum atomic E-state index is 10.9. The number of anilines is 1. The lowest BCUT2D eigenvalue weighted by atomic mass is 10.0. The summed E-state index contributed by atoms with van der Waals surface area (Å²) in [5.74, 6) is -0.0520. The molecular formula is C18H17NO3. The van der Waals surface area contributed by atoms with Crippen molar-refractivity contribution in [3.63, 3.8) is 0 Å². The van der Waals surface area contributed by atoms with E-state index in [1.54, 1.807) is 19.2 Å². The van der Waals surface area contributed by atoms with Gasteiger partial charge in [-0.2, -0.15) is 0 Å². The van der Waals surface area contributed by atoms with E-state index < -0.39 is 5.97 Å². The normalized spacial score (nSPS) is 13.9. The van der Waals surface area contributed by atoms with Gasteiger partial charge in [0.1, 0.15) is 5.75 Å². The van der Waals surface area contributed by atoms with Crippen LogP contribution in [0.15, 0.2) is 54.7 Å². The van der Waals surface area contributed by atoms with Crippen LogP contribution in [-0.2, 0) is 0 Å². The smallest absolute Gasteiger partial charge is 0.335 e. The highest BCUT2D eigenvalue weighted by Gasteiger charge is 2.18. The lowest BCUT2D eigenvalue weighted by Gasteiger charge is -2.18. The molecular weight excluding hydrogens is 278 g/mol. The SMILES string of the molecule is COc1ccccc1N1C=C(c2ccc(C(=O)O)cc2)CC1. The molecule has 112 valence electrons. The summed E-state index contributed by atoms with van der Waals surface area (Å²) in [5.41, 5.74) is 3.61. The first-order valence-electron chi connectivity index (χ1n) is 7.13. The molecule has 0 saturated heterocycles. The van der Waals surface area contributed by atoms with Crippen molar-refractivity contribution in [3.05, 3.63) is 65.9 Å². The molecule has 2 aromatic carbocycles. The first-order chi connectivity index (χ1) is 10.7. The molecule has 1 heterocycles. The average Bonchev–Trinajstić information content (AvgIpc) is 3.04. The number of hydrogen-bond acceptors (Lipinski definition) is 3. The number of rotatable bonds is 4. The van der Waals surface area contributed by atoms with Crippen molar-refractivity contribution in [2.24, 2.45) is 0 Å². The zero-order valence-corrected chi connectivity index (χ0v) is 12.3. The Morgan fingerprint density at radius 1 is 1.14 bits per heavy atom. The first-order valence-corrected chi connectivity index (χ1v) is 7.13. The third-order valence-corrected chi connectivity index (χ3v) is 3.83. The lowest BCUT2D eigenvalue weighted by Crippen LogP contribution is -2.12. The minimum Gasteiger partial charge on any atom is -0.495 e. The van der Waals surface area contributed by atoms with Gasteiger partial charge in [0, 0.05) is 12.7 Å². The molecule has 0 saturated carbocycles. The van der Waals surface area contributed by atoms with E-state index in [2.05, 4.69) is 11.1 Å². The van der Waals surface area contributed by atoms with E-state index in [9.17, 15) is 4.79 Å². The zero-order chi connectivity index (χ0) is 15.5. The molecule has 0 amide bonds. The highest BCUT2D eigenvalue weighted by atomic mass is 16.5. The minimum atomic E-state index is -0.900. The molecule has 0 fully saturated rings. The van der Waals surface area contributed by atoms with Crippen molar-refractivity contribution in [2.75, 3.05) is 18.6 Å². The highest BCUT2D eigenvalue weighted by molar-refractivity contribution is 5.88. The summed E-state index contributed by atoms with van der Waals surface area (Å²) in [6.45, 7) is 0.885. The van der Waals surface area contributed by atoms with E-state index in [0.717, 1.165) is 30.0 Å². The number of benzene rings is 2. The molecule has 1 aliphatic heterocycles. The van der Waals surface area contributed by atoms with Gasteiger partial charge in [0.2, 0.25) is 0 Å². The number of carboxylic acids is 1. The van der Waals surface area contributed by atoms with Crippen LogP contribution in [0.1, 0.15) is 22.3 Å². The van der Waals surface area contributed by atoms with E-state index in [4.69, 9.17) is 9.84 Å². The topological polar surface area (TPSA) is 49.8 Å². The van der Waals surface area contributed by atoms with Crippen LogP contribution in [0.4, 0.5) is 5.69 Å². The van der Waals surface area contributed by atoms with E-state index in [1.165, 1.54) is 5.57 Å². The summed E-state index contributed by atoms with van der Waals surface area (Å²) in [7, 11) is 1.67. The largest absolute Gasteiger partial charge is 0.495 e. The number of carbonyl (C=O) groups is 1. The Kier molecular flexibility index (Phi) is 3.83. The fourth-order valence-electron chi connectivity index (χ4n) is 2.66. The second-order valence-corrected chi connectivity index (χ2v) is 5.15. The number of hydrogen-bond donors (Lipinski definition) is 1. The fraction of sp³-hybridized carbons (Fsp3) is 0.167. The van der Waals surface area contributed by atoms with E-state index in [1.807, 2.05) is 36.4 Å². The van der Waals surface area contributed by atoms with E-state index >= 15 is 0 Å². The molecule has 4 heteroatoms. The number of nitrogens with zero attached hydrogens (tertiary/aromatic N) is 1. The Bertz CT molecular complexity index is 719. The summed E-state index contributed by atoms with van der Waals surface area (Å²) in [5, 5.41) is 8.95. The molecule has 0 atom stereocenters. The number of para-hydroxylation sites is 2. The van der Waals surface area contributed by atoms with Gasteiger partial charge in [0.15, 0.2) is 0 Å². The predicted octanol–water partition coefficient (Wildman–Crippen LogP) is 3.64. The maximum absolute atomic E-state index is 10.9. The molecule has 3 rings (SSSR count). The second-order valence-electron chi connectivity index (χ2n) is 5.15. The quantitative estimate of drug-likeness (QED) is 0.935. The number of carboxylic acid groups (broad SMARTS) is 1. The molecule has 0 radical (unpaired) electrons. The first kappa shape index (κ1) is 14.2. The fourth-order valence-corrected chi connectivity index (χ4v) is 2.66. The summed E-state index contributed by atoms with van der Waals surface area (Å²) >= 11 is 0. The van der Waals surface area contributed by atoms with Crippen LogP contribution in [0.5, 0.6) is 5.75 Å². The standard InChI is InChI=1S/C18H17NO3/c1-22-17-5-3-2-4-16(17)19-11-10-15(12-19)13-6-8-14(9-7-13)18(20)21/h2-9,12H,10-11H2,1H3,(H,20,21). The van der Waals surface area contributed by atoms with Gasteiger partial charge in [0.25, 0.3) is 0 Å². The number of ether oxygens (including phenoxy) is 1. The van der Waals surface area contributed by atoms with Crippen LogP contribution >= 0.6 is 0 Å². The average molecular weight is 295 g/mol. The number of aromatic carboxylic acids is 1. The van der Waals surface area contributed by atoms with Crippen molar-refractivity contribution in [1.82, 2.24) is 0 Å². The van der Waals surface area contributed by atoms with Crippen molar-refractivity contribution in [1.29, 1.82) is 0 Å². The monoisotopic (exact) mass is 295 g/mol. The third kappa shape index (κ3) is 2.68. The minimum absolute atomic E-state index is 0.309. The number of methoxy groups -OCH3 is 1. The van der Waals surface area contributed by atoms with Gasteiger partial charge in [0.05, 0.1) is 18.4 Å². The van der Waals surface area contributed by atoms with Crippen LogP contribution in [0.3, 0.4) is 0 Å². The van der Waals surface area contributed by atoms with Crippen molar-refractivity contribution >= 4 is 17.2 Å². The van der Waals surface area contributed by atoms with Crippen LogP contribution < -0.4 is 9.64 Å². The Hall–Kier alpha value is -2.75. The van der Waals surface area contributed by atoms with E-state index in [-0.39, 0.29) is 0 Å². The van der Waals surface area contributed by atoms with E-state index in [0.29, 0.717) is 5.56 Å². The summed E-state index contributed by atoms with van der Waals surface area (Å²) < 4.78 is 5.40. The van der Waals surface area contributed by atoms with Crippen LogP contribution in [0.2, 0.25) is 0 Å². The molecule has 0 aromatic heterocycles. The van der Waals surface area contributed by atoms with Gasteiger partial charge in [-0.25, -0.2) is 4.79 Å². The second kappa shape index (κ2) is 5.93. The molecule has 1 N–H and O–H groups in total. The van der Waals surface area contributed by atoms with Crippen LogP contribution in [0, 0.1) is 0 Å². The van der Waals surface area contributed by atoms with Crippen molar-refractivity contribution in [2.45, 2.75) is 6.42 Å². The molecule has 0 aliphatic carbocycles. The Balaban J connectivity index is 1.86. The Labute approximate surface area is 129 Å². The molecule has 22 heavy (non-hydrogen) atoms. The van der Waals surface area contributed by atoms with Gasteiger partial charge in [-0.05, 0) is 41.8 Å². The zero-order valence-electron chi connectivity index (χ0n) is 12.3. The van der Waals surface area contributed by atoms with Crippen LogP contribution in [0.25, 0.3) is 5.57 Å². The molecule has 0 bridgehead atoms. The summed E-state index contributed by atoms with van der Waals surface area (Å²) in [6, 6.07) is 14.9. The van der Waals surface area contributed by atoms with Gasteiger partial charge in [-0.15, -0.1) is 0 Å². The Morgan fingerprint density at radius 3 is 2.55 bits per heavy atom. The van der Waals surface area contributed by atoms with Gasteiger partial charge in [-0.3, -0.25) is 0 Å². The molecule has 0 unspecified atom stereocenters. The molecule has 1 aliphatic rings. The molecule has 2 aromatic rings. The summed E-state index contributed by atoms with van der Waals surface area (Å²) in [4.78, 5) is 13.1. The lowest BCUT2D eigenvalue weighted by molar-refractivity contribution is 0.0697. The Morgan fingerprint density at radius 2 is 1.86 bits per heavy atom.